The molecule has 0 spiro atoms. The van der Waals surface area contributed by atoms with Crippen molar-refractivity contribution in [3.63, 3.8) is 0 Å². The summed E-state index contributed by atoms with van der Waals surface area (Å²) >= 11 is 0. The van der Waals surface area contributed by atoms with Gasteiger partial charge in [-0.05, 0) is 24.5 Å². The number of aliphatic hydroxyl groups is 1. The number of rotatable bonds is 2. The maximum Gasteiger partial charge on any atom is 0.168 e. The highest BCUT2D eigenvalue weighted by molar-refractivity contribution is 5.87. The van der Waals surface area contributed by atoms with Crippen LogP contribution in [0.2, 0.25) is 0 Å². The van der Waals surface area contributed by atoms with Crippen LogP contribution in [0.1, 0.15) is 13.3 Å². The molecule has 0 saturated carbocycles. The number of piperidine rings is 1. The van der Waals surface area contributed by atoms with Crippen LogP contribution in [0, 0.1) is 5.92 Å². The summed E-state index contributed by atoms with van der Waals surface area (Å²) in [4.78, 5) is 11.0. The molecular formula is C17H19N5O. The van der Waals surface area contributed by atoms with Gasteiger partial charge in [0.25, 0.3) is 0 Å². The fraction of sp³-hybridized carbons (Fsp3) is 0.353. The van der Waals surface area contributed by atoms with Crippen molar-refractivity contribution in [3.8, 4) is 5.69 Å². The first-order valence-electron chi connectivity index (χ1n) is 7.91. The molecule has 2 unspecified atom stereocenters. The molecule has 1 fully saturated rings. The smallest absolute Gasteiger partial charge is 0.168 e. The summed E-state index contributed by atoms with van der Waals surface area (Å²) in [6.07, 6.45) is 4.02. The zero-order chi connectivity index (χ0) is 15.8. The molecule has 6 heteroatoms. The summed E-state index contributed by atoms with van der Waals surface area (Å²) in [7, 11) is 0. The Bertz CT molecular complexity index is 816. The third kappa shape index (κ3) is 2.45. The Morgan fingerprint density at radius 2 is 2.00 bits per heavy atom. The molecule has 2 aromatic heterocycles. The van der Waals surface area contributed by atoms with Gasteiger partial charge in [0.2, 0.25) is 0 Å². The van der Waals surface area contributed by atoms with Gasteiger partial charge in [-0.15, -0.1) is 0 Å². The molecule has 0 radical (unpaired) electrons. The lowest BCUT2D eigenvalue weighted by Crippen LogP contribution is -2.43. The molecule has 1 aromatic carbocycles. The lowest BCUT2D eigenvalue weighted by molar-refractivity contribution is 0.103. The second-order valence-corrected chi connectivity index (χ2v) is 6.11. The van der Waals surface area contributed by atoms with E-state index in [1.807, 2.05) is 41.2 Å². The minimum absolute atomic E-state index is 0.321. The first kappa shape index (κ1) is 14.1. The van der Waals surface area contributed by atoms with Crippen LogP contribution >= 0.6 is 0 Å². The molecule has 1 N–H and O–H groups in total. The van der Waals surface area contributed by atoms with E-state index in [1.54, 1.807) is 6.33 Å². The molecule has 2 atom stereocenters. The molecule has 1 saturated heterocycles. The summed E-state index contributed by atoms with van der Waals surface area (Å²) in [5.41, 5.74) is 1.76. The second kappa shape index (κ2) is 5.62. The van der Waals surface area contributed by atoms with Gasteiger partial charge in [-0.1, -0.05) is 25.1 Å². The predicted octanol–water partition coefficient (Wildman–Crippen LogP) is 2.02. The summed E-state index contributed by atoms with van der Waals surface area (Å²) in [6.45, 7) is 3.58. The maximum atomic E-state index is 10.2. The van der Waals surface area contributed by atoms with Crippen molar-refractivity contribution in [1.29, 1.82) is 0 Å². The monoisotopic (exact) mass is 309 g/mol. The van der Waals surface area contributed by atoms with E-state index in [-0.39, 0.29) is 6.10 Å². The Balaban J connectivity index is 1.77. The van der Waals surface area contributed by atoms with Crippen molar-refractivity contribution in [2.75, 3.05) is 18.0 Å². The average Bonchev–Trinajstić information content (AvgIpc) is 3.02. The summed E-state index contributed by atoms with van der Waals surface area (Å²) < 4.78 is 1.82. The van der Waals surface area contributed by atoms with Crippen LogP contribution in [-0.4, -0.2) is 44.0 Å². The fourth-order valence-electron chi connectivity index (χ4n) is 3.08. The maximum absolute atomic E-state index is 10.2. The molecule has 4 rings (SSSR count). The van der Waals surface area contributed by atoms with Crippen molar-refractivity contribution >= 4 is 16.9 Å². The van der Waals surface area contributed by atoms with Gasteiger partial charge in [0, 0.05) is 13.1 Å². The van der Waals surface area contributed by atoms with Crippen molar-refractivity contribution in [2.24, 2.45) is 5.92 Å². The molecule has 118 valence electrons. The highest BCUT2D eigenvalue weighted by Crippen LogP contribution is 2.28. The van der Waals surface area contributed by atoms with Crippen LogP contribution in [-0.2, 0) is 0 Å². The van der Waals surface area contributed by atoms with E-state index >= 15 is 0 Å². The molecule has 0 aliphatic carbocycles. The Morgan fingerprint density at radius 1 is 1.17 bits per heavy atom. The molecule has 3 heterocycles. The molecule has 6 nitrogen and oxygen atoms in total. The van der Waals surface area contributed by atoms with E-state index in [0.29, 0.717) is 12.5 Å². The van der Waals surface area contributed by atoms with Crippen molar-refractivity contribution in [1.82, 2.24) is 19.7 Å². The third-order valence-corrected chi connectivity index (χ3v) is 4.56. The topological polar surface area (TPSA) is 67.1 Å². The number of aromatic nitrogens is 4. The standard InChI is InChI=1S/C17H19N5O/c1-12-7-8-21(10-15(12)23)16-14-9-20-22(17(14)19-11-18-16)13-5-3-2-4-6-13/h2-6,9,11-12,15,23H,7-8,10H2,1H3. The average molecular weight is 309 g/mol. The number of β-amino-alcohol motifs (C(OH)–C–C–N with tert-alkyl or cyclic N) is 1. The molecule has 23 heavy (non-hydrogen) atoms. The van der Waals surface area contributed by atoms with E-state index < -0.39 is 0 Å². The number of hydrogen-bond acceptors (Lipinski definition) is 5. The van der Waals surface area contributed by atoms with Crippen LogP contribution in [0.3, 0.4) is 0 Å². The molecule has 0 amide bonds. The number of nitrogens with zero attached hydrogens (tertiary/aromatic N) is 5. The lowest BCUT2D eigenvalue weighted by Gasteiger charge is -2.35. The number of hydrogen-bond donors (Lipinski definition) is 1. The highest BCUT2D eigenvalue weighted by Gasteiger charge is 2.26. The van der Waals surface area contributed by atoms with E-state index in [1.165, 1.54) is 0 Å². The van der Waals surface area contributed by atoms with Gasteiger partial charge in [-0.3, -0.25) is 0 Å². The summed E-state index contributed by atoms with van der Waals surface area (Å²) in [5.74, 6) is 1.18. The Labute approximate surface area is 134 Å². The van der Waals surface area contributed by atoms with Gasteiger partial charge in [-0.2, -0.15) is 5.10 Å². The van der Waals surface area contributed by atoms with Crippen molar-refractivity contribution in [2.45, 2.75) is 19.4 Å². The highest BCUT2D eigenvalue weighted by atomic mass is 16.3. The third-order valence-electron chi connectivity index (χ3n) is 4.56. The Kier molecular flexibility index (Phi) is 3.46. The van der Waals surface area contributed by atoms with E-state index in [2.05, 4.69) is 26.9 Å². The number of aliphatic hydroxyl groups excluding tert-OH is 1. The zero-order valence-corrected chi connectivity index (χ0v) is 13.0. The fourth-order valence-corrected chi connectivity index (χ4v) is 3.08. The van der Waals surface area contributed by atoms with Crippen LogP contribution in [0.4, 0.5) is 5.82 Å². The lowest BCUT2D eigenvalue weighted by atomic mass is 9.96. The minimum Gasteiger partial charge on any atom is -0.391 e. The van der Waals surface area contributed by atoms with Gasteiger partial charge in [0.15, 0.2) is 5.65 Å². The van der Waals surface area contributed by atoms with Crippen LogP contribution in [0.5, 0.6) is 0 Å². The summed E-state index contributed by atoms with van der Waals surface area (Å²) in [6, 6.07) is 9.94. The quantitative estimate of drug-likeness (QED) is 0.784. The number of benzene rings is 1. The van der Waals surface area contributed by atoms with Gasteiger partial charge < -0.3 is 10.0 Å². The van der Waals surface area contributed by atoms with Crippen molar-refractivity contribution < 1.29 is 5.11 Å². The number of para-hydroxylation sites is 1. The zero-order valence-electron chi connectivity index (χ0n) is 13.0. The second-order valence-electron chi connectivity index (χ2n) is 6.11. The first-order valence-corrected chi connectivity index (χ1v) is 7.91. The van der Waals surface area contributed by atoms with E-state index in [9.17, 15) is 5.11 Å². The normalized spacial score (nSPS) is 21.7. The molecular weight excluding hydrogens is 290 g/mol. The van der Waals surface area contributed by atoms with Gasteiger partial charge in [0.1, 0.15) is 12.1 Å². The van der Waals surface area contributed by atoms with Crippen molar-refractivity contribution in [3.05, 3.63) is 42.9 Å². The van der Waals surface area contributed by atoms with Gasteiger partial charge >= 0.3 is 0 Å². The van der Waals surface area contributed by atoms with Gasteiger partial charge in [-0.25, -0.2) is 14.6 Å². The van der Waals surface area contributed by atoms with Crippen LogP contribution < -0.4 is 4.90 Å². The summed E-state index contributed by atoms with van der Waals surface area (Å²) in [5, 5.41) is 15.6. The minimum atomic E-state index is -0.321. The molecule has 1 aliphatic heterocycles. The Morgan fingerprint density at radius 3 is 2.78 bits per heavy atom. The largest absolute Gasteiger partial charge is 0.391 e. The van der Waals surface area contributed by atoms with E-state index in [0.717, 1.165) is 35.5 Å². The van der Waals surface area contributed by atoms with Crippen LogP contribution in [0.15, 0.2) is 42.9 Å². The van der Waals surface area contributed by atoms with E-state index in [4.69, 9.17) is 0 Å². The van der Waals surface area contributed by atoms with Crippen LogP contribution in [0.25, 0.3) is 16.7 Å². The molecule has 0 bridgehead atoms. The first-order chi connectivity index (χ1) is 11.2. The van der Waals surface area contributed by atoms with Gasteiger partial charge in [0.05, 0.1) is 23.4 Å². The Hall–Kier alpha value is -2.47. The number of anilines is 1. The predicted molar refractivity (Wildman–Crippen MR) is 88.7 cm³/mol. The number of fused-ring (bicyclic) bond motifs is 1. The SMILES string of the molecule is CC1CCN(c2ncnc3c2cnn3-c2ccccc2)CC1O. The molecule has 1 aliphatic rings. The molecule has 3 aromatic rings.